The van der Waals surface area contributed by atoms with Gasteiger partial charge in [-0.25, -0.2) is 4.79 Å². The van der Waals surface area contributed by atoms with Crippen molar-refractivity contribution in [3.63, 3.8) is 0 Å². The summed E-state index contributed by atoms with van der Waals surface area (Å²) in [5.74, 6) is -0.656. The first-order chi connectivity index (χ1) is 17.7. The molecule has 3 aromatic carbocycles. The summed E-state index contributed by atoms with van der Waals surface area (Å²) in [6.07, 6.45) is 1.27. The number of hydrogen-bond acceptors (Lipinski definition) is 8. The van der Waals surface area contributed by atoms with Crippen molar-refractivity contribution < 1.29 is 28.7 Å². The molecule has 10 nitrogen and oxygen atoms in total. The second-order valence-corrected chi connectivity index (χ2v) is 8.46. The number of halogens is 2. The van der Waals surface area contributed by atoms with E-state index in [1.54, 1.807) is 30.3 Å². The first-order valence-corrected chi connectivity index (χ1v) is 11.4. The highest BCUT2D eigenvalue weighted by atomic mass is 79.9. The number of nitrogens with one attached hydrogen (secondary N) is 1. The Balaban J connectivity index is 1.86. The van der Waals surface area contributed by atoms with Gasteiger partial charge in [0.25, 0.3) is 11.6 Å². The second-order valence-electron chi connectivity index (χ2n) is 7.20. The van der Waals surface area contributed by atoms with Crippen LogP contribution in [-0.4, -0.2) is 31.0 Å². The number of anilines is 1. The molecule has 0 spiro atoms. The fraction of sp³-hybridized carbons (Fsp3) is 0.0800. The van der Waals surface area contributed by atoms with Gasteiger partial charge in [0.05, 0.1) is 39.9 Å². The average molecular weight is 587 g/mol. The van der Waals surface area contributed by atoms with Gasteiger partial charge in [-0.3, -0.25) is 14.9 Å². The van der Waals surface area contributed by atoms with Crippen LogP contribution in [0.2, 0.25) is 5.02 Å². The van der Waals surface area contributed by atoms with Crippen LogP contribution in [0, 0.1) is 21.4 Å². The lowest BCUT2D eigenvalue weighted by molar-refractivity contribution is -0.384. The summed E-state index contributed by atoms with van der Waals surface area (Å²) in [5, 5.41) is 23.0. The second kappa shape index (κ2) is 12.0. The van der Waals surface area contributed by atoms with Gasteiger partial charge in [-0.15, -0.1) is 0 Å². The maximum Gasteiger partial charge on any atom is 0.343 e. The number of methoxy groups -OCH3 is 2. The summed E-state index contributed by atoms with van der Waals surface area (Å²) >= 11 is 9.35. The highest BCUT2D eigenvalue weighted by Crippen LogP contribution is 2.38. The van der Waals surface area contributed by atoms with Crippen LogP contribution in [0.5, 0.6) is 17.2 Å². The van der Waals surface area contributed by atoms with E-state index in [9.17, 15) is 25.0 Å². The number of amides is 1. The van der Waals surface area contributed by atoms with E-state index in [2.05, 4.69) is 21.2 Å². The summed E-state index contributed by atoms with van der Waals surface area (Å²) in [5.41, 5.74) is 0.0171. The summed E-state index contributed by atoms with van der Waals surface area (Å²) in [4.78, 5) is 35.7. The normalized spacial score (nSPS) is 10.7. The molecule has 0 aliphatic rings. The highest BCUT2D eigenvalue weighted by Gasteiger charge is 2.19. The summed E-state index contributed by atoms with van der Waals surface area (Å²) in [6, 6.07) is 14.6. The van der Waals surface area contributed by atoms with Crippen molar-refractivity contribution in [2.45, 2.75) is 0 Å². The van der Waals surface area contributed by atoms with Crippen molar-refractivity contribution in [1.82, 2.24) is 0 Å². The molecule has 3 aromatic rings. The zero-order chi connectivity index (χ0) is 27.1. The third kappa shape index (κ3) is 6.63. The van der Waals surface area contributed by atoms with Crippen molar-refractivity contribution in [2.24, 2.45) is 0 Å². The van der Waals surface area contributed by atoms with Crippen molar-refractivity contribution >= 4 is 56.9 Å². The maximum atomic E-state index is 12.7. The lowest BCUT2D eigenvalue weighted by Gasteiger charge is -2.13. The molecule has 1 amide bonds. The fourth-order valence-corrected chi connectivity index (χ4v) is 3.73. The standard InChI is InChI=1S/C25H17BrClN3O7/c1-35-18-6-3-15(4-7-18)25(32)37-23-19(26)10-14(11-22(23)36-2)9-16(13-28)24(31)29-21-12-17(30(33)34)5-8-20(21)27/h3-12H,1-2H3,(H,29,31)/b16-9+. The monoisotopic (exact) mass is 585 g/mol. The number of nitro benzene ring substituents is 1. The summed E-state index contributed by atoms with van der Waals surface area (Å²) < 4.78 is 16.2. The fourth-order valence-electron chi connectivity index (χ4n) is 3.03. The molecule has 0 bridgehead atoms. The molecule has 1 N–H and O–H groups in total. The molecule has 3 rings (SSSR count). The van der Waals surface area contributed by atoms with Crippen LogP contribution in [0.1, 0.15) is 15.9 Å². The van der Waals surface area contributed by atoms with Crippen LogP contribution in [0.3, 0.4) is 0 Å². The Bertz CT molecular complexity index is 1450. The highest BCUT2D eigenvalue weighted by molar-refractivity contribution is 9.10. The predicted octanol–water partition coefficient (Wildman–Crippen LogP) is 5.79. The van der Waals surface area contributed by atoms with Crippen LogP contribution in [-0.2, 0) is 4.79 Å². The van der Waals surface area contributed by atoms with Crippen LogP contribution in [0.4, 0.5) is 11.4 Å². The molecule has 0 atom stereocenters. The van der Waals surface area contributed by atoms with Crippen LogP contribution >= 0.6 is 27.5 Å². The van der Waals surface area contributed by atoms with Gasteiger partial charge < -0.3 is 19.5 Å². The Morgan fingerprint density at radius 3 is 2.41 bits per heavy atom. The Kier molecular flexibility index (Phi) is 8.84. The van der Waals surface area contributed by atoms with Gasteiger partial charge in [0.15, 0.2) is 11.5 Å². The number of non-ortho nitro benzene ring substituents is 1. The predicted molar refractivity (Wildman–Crippen MR) is 139 cm³/mol. The number of rotatable bonds is 8. The SMILES string of the molecule is COc1ccc(C(=O)Oc2c(Br)cc(/C=C(\C#N)C(=O)Nc3cc([N+](=O)[O-])ccc3Cl)cc2OC)cc1. The molecule has 0 saturated carbocycles. The molecule has 0 radical (unpaired) electrons. The molecule has 0 saturated heterocycles. The van der Waals surface area contributed by atoms with Crippen molar-refractivity contribution in [2.75, 3.05) is 19.5 Å². The number of carbonyl (C=O) groups is 2. The minimum atomic E-state index is -0.838. The van der Waals surface area contributed by atoms with E-state index < -0.39 is 16.8 Å². The van der Waals surface area contributed by atoms with Gasteiger partial charge in [-0.05, 0) is 70.0 Å². The molecule has 0 unspecified atom stereocenters. The quantitative estimate of drug-likeness (QED) is 0.0873. The molecule has 0 fully saturated rings. The molecular weight excluding hydrogens is 570 g/mol. The molecule has 188 valence electrons. The van der Waals surface area contributed by atoms with Crippen molar-refractivity contribution in [3.8, 4) is 23.3 Å². The van der Waals surface area contributed by atoms with Gasteiger partial charge in [-0.1, -0.05) is 11.6 Å². The Labute approximate surface area is 224 Å². The van der Waals surface area contributed by atoms with E-state index in [1.807, 2.05) is 0 Å². The molecule has 0 heterocycles. The third-order valence-electron chi connectivity index (χ3n) is 4.86. The molecular formula is C25H17BrClN3O7. The number of carbonyl (C=O) groups excluding carboxylic acids is 2. The Morgan fingerprint density at radius 1 is 1.11 bits per heavy atom. The van der Waals surface area contributed by atoms with Crippen LogP contribution in [0.15, 0.2) is 64.6 Å². The molecule has 37 heavy (non-hydrogen) atoms. The van der Waals surface area contributed by atoms with E-state index in [-0.39, 0.29) is 39.0 Å². The van der Waals surface area contributed by atoms with Gasteiger partial charge in [0.2, 0.25) is 0 Å². The first kappa shape index (κ1) is 27.2. The smallest absolute Gasteiger partial charge is 0.343 e. The van der Waals surface area contributed by atoms with Gasteiger partial charge in [0, 0.05) is 12.1 Å². The molecule has 12 heteroatoms. The topological polar surface area (TPSA) is 141 Å². The van der Waals surface area contributed by atoms with Gasteiger partial charge in [-0.2, -0.15) is 5.26 Å². The van der Waals surface area contributed by atoms with E-state index in [4.69, 9.17) is 25.8 Å². The lowest BCUT2D eigenvalue weighted by Crippen LogP contribution is -2.14. The molecule has 0 aliphatic carbocycles. The van der Waals surface area contributed by atoms with E-state index in [0.29, 0.717) is 15.8 Å². The molecule has 0 aromatic heterocycles. The van der Waals surface area contributed by atoms with Crippen molar-refractivity contribution in [3.05, 3.63) is 90.9 Å². The number of esters is 1. The van der Waals surface area contributed by atoms with Gasteiger partial charge in [0.1, 0.15) is 17.4 Å². The maximum absolute atomic E-state index is 12.7. The van der Waals surface area contributed by atoms with E-state index in [1.165, 1.54) is 44.6 Å². The number of hydrogen-bond donors (Lipinski definition) is 1. The number of nitrogens with zero attached hydrogens (tertiary/aromatic N) is 2. The zero-order valence-electron chi connectivity index (χ0n) is 19.3. The van der Waals surface area contributed by atoms with Crippen molar-refractivity contribution in [1.29, 1.82) is 5.26 Å². The van der Waals surface area contributed by atoms with Crippen LogP contribution < -0.4 is 19.5 Å². The average Bonchev–Trinajstić information content (AvgIpc) is 2.89. The molecule has 0 aliphatic heterocycles. The number of benzene rings is 3. The number of nitro groups is 1. The minimum Gasteiger partial charge on any atom is -0.497 e. The van der Waals surface area contributed by atoms with Gasteiger partial charge >= 0.3 is 5.97 Å². The zero-order valence-corrected chi connectivity index (χ0v) is 21.6. The Hall–Kier alpha value is -4.40. The lowest BCUT2D eigenvalue weighted by atomic mass is 10.1. The third-order valence-corrected chi connectivity index (χ3v) is 5.78. The first-order valence-electron chi connectivity index (χ1n) is 10.3. The Morgan fingerprint density at radius 2 is 1.81 bits per heavy atom. The van der Waals surface area contributed by atoms with E-state index >= 15 is 0 Å². The van der Waals surface area contributed by atoms with E-state index in [0.717, 1.165) is 6.07 Å². The minimum absolute atomic E-state index is 0.0263. The van der Waals surface area contributed by atoms with Crippen LogP contribution in [0.25, 0.3) is 6.08 Å². The summed E-state index contributed by atoms with van der Waals surface area (Å²) in [6.45, 7) is 0. The number of nitriles is 1. The number of ether oxygens (including phenoxy) is 3. The largest absolute Gasteiger partial charge is 0.497 e. The summed E-state index contributed by atoms with van der Waals surface area (Å²) in [7, 11) is 2.87.